The zero-order valence-corrected chi connectivity index (χ0v) is 12.7. The quantitative estimate of drug-likeness (QED) is 0.916. The van der Waals surface area contributed by atoms with Crippen molar-refractivity contribution in [3.8, 4) is 5.75 Å². The number of halogens is 1. The average molecular weight is 321 g/mol. The van der Waals surface area contributed by atoms with E-state index in [2.05, 4.69) is 33.2 Å². The van der Waals surface area contributed by atoms with Crippen LogP contribution in [0.2, 0.25) is 0 Å². The van der Waals surface area contributed by atoms with Crippen molar-refractivity contribution in [2.24, 2.45) is 0 Å². The highest BCUT2D eigenvalue weighted by molar-refractivity contribution is 9.10. The van der Waals surface area contributed by atoms with Crippen LogP contribution in [0, 0.1) is 6.92 Å². The van der Waals surface area contributed by atoms with Gasteiger partial charge in [-0.05, 0) is 59.7 Å². The Bertz CT molecular complexity index is 558. The third kappa shape index (κ3) is 4.04. The molecule has 3 nitrogen and oxygen atoms in total. The van der Waals surface area contributed by atoms with Crippen molar-refractivity contribution in [1.82, 2.24) is 10.3 Å². The molecule has 1 N–H and O–H groups in total. The van der Waals surface area contributed by atoms with Crippen molar-refractivity contribution in [2.45, 2.75) is 20.1 Å². The van der Waals surface area contributed by atoms with Gasteiger partial charge in [0.15, 0.2) is 0 Å². The lowest BCUT2D eigenvalue weighted by Gasteiger charge is -2.09. The number of aryl methyl sites for hydroxylation is 1. The van der Waals surface area contributed by atoms with Crippen molar-refractivity contribution in [1.29, 1.82) is 0 Å². The third-order valence-electron chi connectivity index (χ3n) is 2.69. The van der Waals surface area contributed by atoms with E-state index in [1.54, 1.807) is 0 Å². The fourth-order valence-electron chi connectivity index (χ4n) is 1.76. The van der Waals surface area contributed by atoms with Crippen molar-refractivity contribution in [2.75, 3.05) is 7.05 Å². The van der Waals surface area contributed by atoms with E-state index in [-0.39, 0.29) is 0 Å². The molecule has 0 atom stereocenters. The summed E-state index contributed by atoms with van der Waals surface area (Å²) in [7, 11) is 1.91. The summed E-state index contributed by atoms with van der Waals surface area (Å²) in [6.07, 6.45) is 0. The fourth-order valence-corrected chi connectivity index (χ4v) is 2.37. The summed E-state index contributed by atoms with van der Waals surface area (Å²) in [5.41, 5.74) is 3.15. The molecule has 1 aromatic carbocycles. The number of rotatable bonds is 5. The summed E-state index contributed by atoms with van der Waals surface area (Å²) in [6.45, 7) is 3.29. The number of pyridine rings is 1. The van der Waals surface area contributed by atoms with Crippen LogP contribution in [0.15, 0.2) is 40.9 Å². The average Bonchev–Trinajstić information content (AvgIpc) is 2.38. The monoisotopic (exact) mass is 320 g/mol. The zero-order chi connectivity index (χ0) is 13.7. The van der Waals surface area contributed by atoms with Crippen LogP contribution in [-0.2, 0) is 13.2 Å². The molecule has 100 valence electrons. The van der Waals surface area contributed by atoms with Gasteiger partial charge in [0.2, 0.25) is 0 Å². The van der Waals surface area contributed by atoms with E-state index in [0.29, 0.717) is 6.61 Å². The summed E-state index contributed by atoms with van der Waals surface area (Å²) >= 11 is 3.50. The normalized spacial score (nSPS) is 10.5. The summed E-state index contributed by atoms with van der Waals surface area (Å²) in [4.78, 5) is 4.52. The van der Waals surface area contributed by atoms with E-state index >= 15 is 0 Å². The van der Waals surface area contributed by atoms with Gasteiger partial charge in [0.1, 0.15) is 12.4 Å². The summed E-state index contributed by atoms with van der Waals surface area (Å²) in [6, 6.07) is 12.0. The number of ether oxygens (including phenoxy) is 1. The zero-order valence-electron chi connectivity index (χ0n) is 11.1. The molecule has 0 aliphatic heterocycles. The molecule has 0 bridgehead atoms. The van der Waals surface area contributed by atoms with E-state index in [1.807, 2.05) is 43.4 Å². The van der Waals surface area contributed by atoms with Crippen LogP contribution in [0.25, 0.3) is 0 Å². The van der Waals surface area contributed by atoms with Crippen LogP contribution in [0.1, 0.15) is 17.0 Å². The van der Waals surface area contributed by atoms with E-state index < -0.39 is 0 Å². The van der Waals surface area contributed by atoms with Gasteiger partial charge in [-0.15, -0.1) is 0 Å². The third-order valence-corrected chi connectivity index (χ3v) is 3.30. The molecule has 0 radical (unpaired) electrons. The molecule has 0 fully saturated rings. The molecule has 0 saturated carbocycles. The van der Waals surface area contributed by atoms with Crippen LogP contribution in [0.5, 0.6) is 5.75 Å². The molecular formula is C15H17BrN2O. The minimum Gasteiger partial charge on any atom is -0.486 e. The van der Waals surface area contributed by atoms with Crippen LogP contribution in [-0.4, -0.2) is 12.0 Å². The lowest BCUT2D eigenvalue weighted by molar-refractivity contribution is 0.299. The van der Waals surface area contributed by atoms with Crippen LogP contribution < -0.4 is 10.1 Å². The number of nitrogens with zero attached hydrogens (tertiary/aromatic N) is 1. The molecule has 0 aliphatic carbocycles. The van der Waals surface area contributed by atoms with Gasteiger partial charge in [-0.2, -0.15) is 0 Å². The number of aromatic nitrogens is 1. The second kappa shape index (κ2) is 6.68. The van der Waals surface area contributed by atoms with Crippen LogP contribution >= 0.6 is 15.9 Å². The molecule has 4 heteroatoms. The van der Waals surface area contributed by atoms with Crippen molar-refractivity contribution < 1.29 is 4.74 Å². The first-order chi connectivity index (χ1) is 9.19. The smallest absolute Gasteiger partial charge is 0.134 e. The number of nitrogens with one attached hydrogen (secondary N) is 1. The number of hydrogen-bond donors (Lipinski definition) is 1. The first-order valence-electron chi connectivity index (χ1n) is 6.17. The molecule has 0 aliphatic rings. The van der Waals surface area contributed by atoms with Gasteiger partial charge < -0.3 is 10.1 Å². The minimum atomic E-state index is 0.471. The topological polar surface area (TPSA) is 34.1 Å². The Hall–Kier alpha value is -1.39. The second-order valence-corrected chi connectivity index (χ2v) is 5.23. The van der Waals surface area contributed by atoms with Gasteiger partial charge in [0, 0.05) is 6.54 Å². The molecule has 1 aromatic heterocycles. The second-order valence-electron chi connectivity index (χ2n) is 4.37. The molecule has 2 aromatic rings. The first-order valence-corrected chi connectivity index (χ1v) is 6.96. The summed E-state index contributed by atoms with van der Waals surface area (Å²) < 4.78 is 6.75. The van der Waals surface area contributed by atoms with Gasteiger partial charge in [-0.1, -0.05) is 12.1 Å². The molecule has 0 amide bonds. The largest absolute Gasteiger partial charge is 0.486 e. The lowest BCUT2D eigenvalue weighted by atomic mass is 10.2. The number of hydrogen-bond acceptors (Lipinski definition) is 3. The molecule has 0 saturated heterocycles. The molecule has 0 spiro atoms. The maximum Gasteiger partial charge on any atom is 0.134 e. The molecule has 0 unspecified atom stereocenters. The Morgan fingerprint density at radius 3 is 2.74 bits per heavy atom. The lowest BCUT2D eigenvalue weighted by Crippen LogP contribution is -2.08. The van der Waals surface area contributed by atoms with E-state index in [4.69, 9.17) is 4.74 Å². The van der Waals surface area contributed by atoms with Crippen molar-refractivity contribution in [3.05, 3.63) is 57.8 Å². The van der Waals surface area contributed by atoms with Gasteiger partial charge in [-0.25, -0.2) is 0 Å². The SMILES string of the molecule is CNCc1cccc(COc2ccc(C)cc2Br)n1. The Labute approximate surface area is 122 Å². The fraction of sp³-hybridized carbons (Fsp3) is 0.267. The van der Waals surface area contributed by atoms with Gasteiger partial charge in [0.25, 0.3) is 0 Å². The highest BCUT2D eigenvalue weighted by Gasteiger charge is 2.03. The standard InChI is InChI=1S/C15H17BrN2O/c1-11-6-7-15(14(16)8-11)19-10-13-5-3-4-12(18-13)9-17-2/h3-8,17H,9-10H2,1-2H3. The Kier molecular flexibility index (Phi) is 4.93. The van der Waals surface area contributed by atoms with Gasteiger partial charge in [-0.3, -0.25) is 4.98 Å². The molecule has 19 heavy (non-hydrogen) atoms. The minimum absolute atomic E-state index is 0.471. The van der Waals surface area contributed by atoms with E-state index in [0.717, 1.165) is 28.2 Å². The Balaban J connectivity index is 2.03. The summed E-state index contributed by atoms with van der Waals surface area (Å²) in [5, 5.41) is 3.09. The highest BCUT2D eigenvalue weighted by atomic mass is 79.9. The predicted octanol–water partition coefficient (Wildman–Crippen LogP) is 3.45. The summed E-state index contributed by atoms with van der Waals surface area (Å²) in [5.74, 6) is 0.839. The molecule has 1 heterocycles. The van der Waals surface area contributed by atoms with Gasteiger partial charge in [0.05, 0.1) is 15.9 Å². The first kappa shape index (κ1) is 14.0. The molecular weight excluding hydrogens is 304 g/mol. The van der Waals surface area contributed by atoms with Crippen LogP contribution in [0.4, 0.5) is 0 Å². The predicted molar refractivity (Wildman–Crippen MR) is 80.2 cm³/mol. The van der Waals surface area contributed by atoms with Gasteiger partial charge >= 0.3 is 0 Å². The van der Waals surface area contributed by atoms with E-state index in [1.165, 1.54) is 5.56 Å². The maximum atomic E-state index is 5.78. The Morgan fingerprint density at radius 2 is 2.00 bits per heavy atom. The maximum absolute atomic E-state index is 5.78. The highest BCUT2D eigenvalue weighted by Crippen LogP contribution is 2.26. The van der Waals surface area contributed by atoms with Crippen molar-refractivity contribution in [3.63, 3.8) is 0 Å². The van der Waals surface area contributed by atoms with E-state index in [9.17, 15) is 0 Å². The molecule has 2 rings (SSSR count). The van der Waals surface area contributed by atoms with Crippen molar-refractivity contribution >= 4 is 15.9 Å². The Morgan fingerprint density at radius 1 is 1.21 bits per heavy atom. The van der Waals surface area contributed by atoms with Crippen LogP contribution in [0.3, 0.4) is 0 Å². The number of benzene rings is 1.